The van der Waals surface area contributed by atoms with Crippen LogP contribution in [0.15, 0.2) is 119 Å². The Morgan fingerprint density at radius 3 is 2.41 bits per heavy atom. The second-order valence-corrected chi connectivity index (χ2v) is 9.62. The molecule has 0 saturated heterocycles. The molecule has 0 aliphatic rings. The fraction of sp³-hybridized carbons (Fsp3) is 0.0312. The fourth-order valence-corrected chi connectivity index (χ4v) is 4.93. The summed E-state index contributed by atoms with van der Waals surface area (Å²) in [7, 11) is 0. The third-order valence-electron chi connectivity index (χ3n) is 6.60. The molecule has 0 atom stereocenters. The molecule has 0 N–H and O–H groups in total. The molecule has 0 spiro atoms. The van der Waals surface area contributed by atoms with Gasteiger partial charge in [0.1, 0.15) is 6.61 Å². The van der Waals surface area contributed by atoms with Gasteiger partial charge in [0, 0.05) is 17.2 Å². The second kappa shape index (κ2) is 11.0. The van der Waals surface area contributed by atoms with Crippen molar-refractivity contribution in [3.05, 3.63) is 146 Å². The molecule has 9 heteroatoms. The van der Waals surface area contributed by atoms with Crippen LogP contribution in [-0.4, -0.2) is 20.8 Å². The van der Waals surface area contributed by atoms with Crippen molar-refractivity contribution in [3.8, 4) is 17.1 Å². The van der Waals surface area contributed by atoms with Gasteiger partial charge in [-0.25, -0.2) is 4.98 Å². The van der Waals surface area contributed by atoms with Crippen LogP contribution >= 0.6 is 11.6 Å². The average molecular weight is 561 g/mol. The van der Waals surface area contributed by atoms with Gasteiger partial charge in [-0.1, -0.05) is 96.5 Å². The number of benzene rings is 5. The van der Waals surface area contributed by atoms with E-state index < -0.39 is 4.92 Å². The maximum Gasteiger partial charge on any atom is 0.313 e. The highest BCUT2D eigenvalue weighted by Crippen LogP contribution is 2.37. The summed E-state index contributed by atoms with van der Waals surface area (Å²) in [6, 6.07) is 32.6. The van der Waals surface area contributed by atoms with Crippen molar-refractivity contribution in [2.75, 3.05) is 0 Å². The lowest BCUT2D eigenvalue weighted by Crippen LogP contribution is -2.20. The van der Waals surface area contributed by atoms with Crippen molar-refractivity contribution in [3.63, 3.8) is 0 Å². The lowest BCUT2D eigenvalue weighted by molar-refractivity contribution is -0.385. The van der Waals surface area contributed by atoms with E-state index in [2.05, 4.69) is 10.1 Å². The zero-order valence-electron chi connectivity index (χ0n) is 21.5. The number of rotatable bonds is 7. The van der Waals surface area contributed by atoms with Crippen LogP contribution in [0.5, 0.6) is 5.75 Å². The SMILES string of the molecule is O=c1c2ccccc2nc(-c2ccccc2)n1N=Cc1cc(Cl)c(OCc2cccc3ccccc23)c([N+](=O)[O-])c1. The molecular weight excluding hydrogens is 540 g/mol. The van der Waals surface area contributed by atoms with Gasteiger partial charge in [0.2, 0.25) is 5.75 Å². The smallest absolute Gasteiger partial charge is 0.313 e. The zero-order chi connectivity index (χ0) is 28.3. The maximum atomic E-state index is 13.4. The first-order valence-electron chi connectivity index (χ1n) is 12.7. The third kappa shape index (κ3) is 5.16. The van der Waals surface area contributed by atoms with Crippen molar-refractivity contribution in [1.29, 1.82) is 0 Å². The summed E-state index contributed by atoms with van der Waals surface area (Å²) in [4.78, 5) is 29.5. The summed E-state index contributed by atoms with van der Waals surface area (Å²) in [5.41, 5.74) is 1.73. The molecule has 6 aromatic rings. The number of aromatic nitrogens is 2. The molecule has 0 aliphatic carbocycles. The Morgan fingerprint density at radius 2 is 1.61 bits per heavy atom. The minimum Gasteiger partial charge on any atom is -0.481 e. The number of hydrogen-bond acceptors (Lipinski definition) is 6. The molecule has 0 saturated carbocycles. The summed E-state index contributed by atoms with van der Waals surface area (Å²) < 4.78 is 7.08. The molecule has 0 amide bonds. The van der Waals surface area contributed by atoms with E-state index in [1.807, 2.05) is 78.9 Å². The van der Waals surface area contributed by atoms with Gasteiger partial charge in [0.15, 0.2) is 5.82 Å². The number of fused-ring (bicyclic) bond motifs is 2. The van der Waals surface area contributed by atoms with E-state index in [1.165, 1.54) is 23.0 Å². The van der Waals surface area contributed by atoms with Gasteiger partial charge in [-0.05, 0) is 34.5 Å². The Morgan fingerprint density at radius 1 is 0.902 bits per heavy atom. The van der Waals surface area contributed by atoms with Crippen LogP contribution in [0.2, 0.25) is 5.02 Å². The molecule has 8 nitrogen and oxygen atoms in total. The predicted octanol–water partition coefficient (Wildman–Crippen LogP) is 7.24. The topological polar surface area (TPSA) is 99.6 Å². The quantitative estimate of drug-likeness (QED) is 0.116. The van der Waals surface area contributed by atoms with Gasteiger partial charge in [0.05, 0.1) is 27.1 Å². The number of para-hydroxylation sites is 1. The van der Waals surface area contributed by atoms with E-state index in [9.17, 15) is 14.9 Å². The van der Waals surface area contributed by atoms with E-state index >= 15 is 0 Å². The number of nitro groups is 1. The van der Waals surface area contributed by atoms with E-state index in [1.54, 1.807) is 18.2 Å². The molecular formula is C32H21ClN4O4. The molecule has 0 radical (unpaired) electrons. The van der Waals surface area contributed by atoms with E-state index in [0.717, 1.165) is 16.3 Å². The highest BCUT2D eigenvalue weighted by atomic mass is 35.5. The van der Waals surface area contributed by atoms with E-state index in [-0.39, 0.29) is 28.6 Å². The average Bonchev–Trinajstić information content (AvgIpc) is 3.00. The van der Waals surface area contributed by atoms with Crippen molar-refractivity contribution in [2.45, 2.75) is 6.61 Å². The summed E-state index contributed by atoms with van der Waals surface area (Å²) in [5.74, 6) is 0.289. The van der Waals surface area contributed by atoms with E-state index in [4.69, 9.17) is 16.3 Å². The normalized spacial score (nSPS) is 11.3. The predicted molar refractivity (Wildman–Crippen MR) is 161 cm³/mol. The van der Waals surface area contributed by atoms with Crippen LogP contribution in [0, 0.1) is 10.1 Å². The number of halogens is 1. The Labute approximate surface area is 238 Å². The second-order valence-electron chi connectivity index (χ2n) is 9.22. The molecule has 0 bridgehead atoms. The van der Waals surface area contributed by atoms with Crippen LogP contribution in [0.4, 0.5) is 5.69 Å². The first kappa shape index (κ1) is 25.9. The molecule has 6 rings (SSSR count). The van der Waals surface area contributed by atoms with Gasteiger partial charge >= 0.3 is 5.69 Å². The molecule has 200 valence electrons. The highest BCUT2D eigenvalue weighted by Gasteiger charge is 2.21. The molecule has 5 aromatic carbocycles. The largest absolute Gasteiger partial charge is 0.481 e. The Bertz CT molecular complexity index is 2020. The standard InChI is InChI=1S/C32H21ClN4O4/c33-27-17-21(18-29(37(39)40)30(27)41-20-24-13-8-12-22-9-4-5-14-25(22)24)19-34-36-31(23-10-2-1-3-11-23)35-28-16-7-6-15-26(28)32(36)38/h1-19H,20H2. The number of hydrogen-bond donors (Lipinski definition) is 0. The van der Waals surface area contributed by atoms with Gasteiger partial charge < -0.3 is 4.74 Å². The van der Waals surface area contributed by atoms with Gasteiger partial charge in [-0.3, -0.25) is 14.9 Å². The van der Waals surface area contributed by atoms with Gasteiger partial charge in [0.25, 0.3) is 5.56 Å². The first-order valence-corrected chi connectivity index (χ1v) is 13.1. The molecule has 0 unspecified atom stereocenters. The number of ether oxygens (including phenoxy) is 1. The number of nitrogens with zero attached hydrogens (tertiary/aromatic N) is 4. The van der Waals surface area contributed by atoms with Crippen LogP contribution in [0.25, 0.3) is 33.1 Å². The van der Waals surface area contributed by atoms with Crippen LogP contribution in [0.1, 0.15) is 11.1 Å². The summed E-state index contributed by atoms with van der Waals surface area (Å²) in [6.07, 6.45) is 1.34. The van der Waals surface area contributed by atoms with E-state index in [0.29, 0.717) is 27.9 Å². The first-order chi connectivity index (χ1) is 20.0. The molecule has 0 fully saturated rings. The van der Waals surface area contributed by atoms with Crippen molar-refractivity contribution in [2.24, 2.45) is 5.10 Å². The Kier molecular flexibility index (Phi) is 6.97. The third-order valence-corrected chi connectivity index (χ3v) is 6.88. The van der Waals surface area contributed by atoms with Crippen molar-refractivity contribution >= 4 is 45.2 Å². The molecule has 41 heavy (non-hydrogen) atoms. The van der Waals surface area contributed by atoms with Crippen LogP contribution in [0.3, 0.4) is 0 Å². The molecule has 0 aliphatic heterocycles. The minimum absolute atomic E-state index is 0.0451. The van der Waals surface area contributed by atoms with Crippen LogP contribution in [-0.2, 0) is 6.61 Å². The van der Waals surface area contributed by atoms with Gasteiger partial charge in [-0.2, -0.15) is 9.78 Å². The molecule has 1 aromatic heterocycles. The zero-order valence-corrected chi connectivity index (χ0v) is 22.2. The monoisotopic (exact) mass is 560 g/mol. The Balaban J connectivity index is 1.38. The Hall–Kier alpha value is -5.34. The maximum absolute atomic E-state index is 13.4. The summed E-state index contributed by atoms with van der Waals surface area (Å²) >= 11 is 6.51. The summed E-state index contributed by atoms with van der Waals surface area (Å²) in [5, 5.41) is 18.9. The highest BCUT2D eigenvalue weighted by molar-refractivity contribution is 6.32. The van der Waals surface area contributed by atoms with Crippen molar-refractivity contribution < 1.29 is 9.66 Å². The van der Waals surface area contributed by atoms with Crippen molar-refractivity contribution in [1.82, 2.24) is 9.66 Å². The molecule has 1 heterocycles. The lowest BCUT2D eigenvalue weighted by atomic mass is 10.1. The summed E-state index contributed by atoms with van der Waals surface area (Å²) in [6.45, 7) is 0.0912. The van der Waals surface area contributed by atoms with Gasteiger partial charge in [-0.15, -0.1) is 0 Å². The van der Waals surface area contributed by atoms with Crippen LogP contribution < -0.4 is 10.3 Å². The lowest BCUT2D eigenvalue weighted by Gasteiger charge is -2.12. The fourth-order valence-electron chi connectivity index (χ4n) is 4.65. The number of nitro benzene ring substituents is 1. The minimum atomic E-state index is -0.555.